The lowest BCUT2D eigenvalue weighted by Gasteiger charge is -2.04. The van der Waals surface area contributed by atoms with Crippen molar-refractivity contribution in [3.8, 4) is 0 Å². The maximum Gasteiger partial charge on any atom is 0.315 e. The second-order valence-corrected chi connectivity index (χ2v) is 5.59. The molecule has 0 saturated carbocycles. The smallest absolute Gasteiger partial charge is 0.315 e. The average Bonchev–Trinajstić information content (AvgIpc) is 2.48. The Morgan fingerprint density at radius 2 is 1.67 bits per heavy atom. The molecule has 0 unspecified atom stereocenters. The van der Waals surface area contributed by atoms with Crippen molar-refractivity contribution in [1.29, 1.82) is 0 Å². The summed E-state index contributed by atoms with van der Waals surface area (Å²) < 4.78 is 5.86. The van der Waals surface area contributed by atoms with Crippen LogP contribution in [0.1, 0.15) is 15.9 Å². The quantitative estimate of drug-likeness (QED) is 0.591. The first kappa shape index (κ1) is 15.7. The fourth-order valence-electron chi connectivity index (χ4n) is 1.59. The van der Waals surface area contributed by atoms with E-state index >= 15 is 0 Å². The van der Waals surface area contributed by atoms with Gasteiger partial charge in [-0.25, -0.2) is 0 Å². The SMILES string of the molecule is O=C([CH]c1ccc(Br)cc1)OCC(=O)c1ccc(Cl)cc1. The molecule has 21 heavy (non-hydrogen) atoms. The summed E-state index contributed by atoms with van der Waals surface area (Å²) >= 11 is 9.05. The Morgan fingerprint density at radius 3 is 2.29 bits per heavy atom. The summed E-state index contributed by atoms with van der Waals surface area (Å²) in [5.41, 5.74) is 1.16. The number of hydrogen-bond acceptors (Lipinski definition) is 3. The Morgan fingerprint density at radius 1 is 1.05 bits per heavy atom. The average molecular weight is 367 g/mol. The molecule has 0 spiro atoms. The van der Waals surface area contributed by atoms with E-state index in [0.29, 0.717) is 16.1 Å². The minimum atomic E-state index is -0.556. The van der Waals surface area contributed by atoms with E-state index in [2.05, 4.69) is 15.9 Å². The lowest BCUT2D eigenvalue weighted by Crippen LogP contribution is -2.14. The molecular formula is C16H11BrClO3. The Balaban J connectivity index is 1.84. The van der Waals surface area contributed by atoms with Crippen LogP contribution < -0.4 is 0 Å². The molecule has 0 saturated heterocycles. The van der Waals surface area contributed by atoms with E-state index in [1.165, 1.54) is 6.42 Å². The molecule has 0 aromatic heterocycles. The Labute approximate surface area is 136 Å². The third kappa shape index (κ3) is 4.99. The predicted molar refractivity (Wildman–Crippen MR) is 84.3 cm³/mol. The van der Waals surface area contributed by atoms with Gasteiger partial charge in [-0.1, -0.05) is 39.7 Å². The molecule has 0 bridgehead atoms. The molecule has 0 aliphatic heterocycles. The van der Waals surface area contributed by atoms with Gasteiger partial charge >= 0.3 is 5.97 Å². The first-order chi connectivity index (χ1) is 10.0. The number of benzene rings is 2. The number of esters is 1. The number of carbonyl (C=O) groups is 2. The van der Waals surface area contributed by atoms with E-state index in [4.69, 9.17) is 16.3 Å². The topological polar surface area (TPSA) is 43.4 Å². The molecule has 0 heterocycles. The zero-order chi connectivity index (χ0) is 15.2. The Bertz CT molecular complexity index is 636. The van der Waals surface area contributed by atoms with E-state index in [0.717, 1.165) is 4.47 Å². The van der Waals surface area contributed by atoms with Crippen molar-refractivity contribution in [1.82, 2.24) is 0 Å². The highest BCUT2D eigenvalue weighted by molar-refractivity contribution is 9.10. The summed E-state index contributed by atoms with van der Waals surface area (Å²) in [6, 6.07) is 13.6. The number of halogens is 2. The number of rotatable bonds is 5. The molecule has 0 fully saturated rings. The van der Waals surface area contributed by atoms with Crippen molar-refractivity contribution in [2.75, 3.05) is 6.61 Å². The van der Waals surface area contributed by atoms with Crippen molar-refractivity contribution in [3.05, 3.63) is 75.6 Å². The zero-order valence-electron chi connectivity index (χ0n) is 10.9. The van der Waals surface area contributed by atoms with Crippen LogP contribution in [0, 0.1) is 6.42 Å². The summed E-state index contributed by atoms with van der Waals surface area (Å²) in [5.74, 6) is -0.830. The van der Waals surface area contributed by atoms with Gasteiger partial charge in [0.05, 0.1) is 6.42 Å². The molecule has 0 atom stereocenters. The van der Waals surface area contributed by atoms with Crippen LogP contribution in [0.25, 0.3) is 0 Å². The van der Waals surface area contributed by atoms with Crippen molar-refractivity contribution < 1.29 is 14.3 Å². The van der Waals surface area contributed by atoms with Crippen molar-refractivity contribution in [2.24, 2.45) is 0 Å². The van der Waals surface area contributed by atoms with E-state index < -0.39 is 5.97 Å². The molecule has 0 N–H and O–H groups in total. The maximum absolute atomic E-state index is 11.8. The van der Waals surface area contributed by atoms with Crippen LogP contribution in [-0.2, 0) is 9.53 Å². The molecule has 5 heteroatoms. The van der Waals surface area contributed by atoms with E-state index in [1.807, 2.05) is 12.1 Å². The normalized spacial score (nSPS) is 10.2. The summed E-state index contributed by atoms with van der Waals surface area (Å²) in [5, 5.41) is 0.548. The van der Waals surface area contributed by atoms with Gasteiger partial charge in [-0.2, -0.15) is 0 Å². The number of ether oxygens (including phenoxy) is 1. The molecule has 3 nitrogen and oxygen atoms in total. The van der Waals surface area contributed by atoms with Gasteiger partial charge in [0, 0.05) is 15.1 Å². The van der Waals surface area contributed by atoms with Gasteiger partial charge in [0.1, 0.15) is 0 Å². The molecule has 2 aromatic rings. The highest BCUT2D eigenvalue weighted by atomic mass is 79.9. The zero-order valence-corrected chi connectivity index (χ0v) is 13.2. The fraction of sp³-hybridized carbons (Fsp3) is 0.0625. The van der Waals surface area contributed by atoms with Crippen LogP contribution in [0.3, 0.4) is 0 Å². The maximum atomic E-state index is 11.8. The predicted octanol–water partition coefficient (Wildman–Crippen LogP) is 4.08. The lowest BCUT2D eigenvalue weighted by molar-refractivity contribution is -0.138. The highest BCUT2D eigenvalue weighted by Gasteiger charge is 2.11. The van der Waals surface area contributed by atoms with Gasteiger partial charge in [-0.15, -0.1) is 0 Å². The second-order valence-electron chi connectivity index (χ2n) is 4.23. The van der Waals surface area contributed by atoms with Gasteiger partial charge in [0.25, 0.3) is 0 Å². The minimum Gasteiger partial charge on any atom is -0.457 e. The summed E-state index contributed by atoms with van der Waals surface area (Å²) in [4.78, 5) is 23.4. The molecule has 107 valence electrons. The van der Waals surface area contributed by atoms with Crippen LogP contribution in [0.15, 0.2) is 53.0 Å². The number of Topliss-reactive ketones (excluding diaryl/α,β-unsaturated/α-hetero) is 1. The Kier molecular flexibility index (Phi) is 5.53. The molecule has 2 rings (SSSR count). The number of carbonyl (C=O) groups excluding carboxylic acids is 2. The standard InChI is InChI=1S/C16H11BrClO3/c17-13-5-1-11(2-6-13)9-16(20)21-10-15(19)12-3-7-14(18)8-4-12/h1-9H,10H2. The highest BCUT2D eigenvalue weighted by Crippen LogP contribution is 2.13. The molecule has 0 aliphatic carbocycles. The van der Waals surface area contributed by atoms with Crippen LogP contribution in [-0.4, -0.2) is 18.4 Å². The summed E-state index contributed by atoms with van der Waals surface area (Å²) in [6.45, 7) is -0.298. The van der Waals surface area contributed by atoms with Gasteiger partial charge in [0.2, 0.25) is 0 Å². The number of ketones is 1. The van der Waals surface area contributed by atoms with Gasteiger partial charge < -0.3 is 4.74 Å². The summed E-state index contributed by atoms with van der Waals surface area (Å²) in [7, 11) is 0. The lowest BCUT2D eigenvalue weighted by atomic mass is 10.1. The van der Waals surface area contributed by atoms with Crippen LogP contribution in [0.5, 0.6) is 0 Å². The Hall–Kier alpha value is -1.65. The molecular weight excluding hydrogens is 356 g/mol. The monoisotopic (exact) mass is 365 g/mol. The van der Waals surface area contributed by atoms with E-state index in [9.17, 15) is 9.59 Å². The van der Waals surface area contributed by atoms with E-state index in [-0.39, 0.29) is 12.4 Å². The largest absolute Gasteiger partial charge is 0.457 e. The number of hydrogen-bond donors (Lipinski definition) is 0. The fourth-order valence-corrected chi connectivity index (χ4v) is 1.98. The van der Waals surface area contributed by atoms with Gasteiger partial charge in [0.15, 0.2) is 12.4 Å². The van der Waals surface area contributed by atoms with Crippen LogP contribution in [0.2, 0.25) is 5.02 Å². The third-order valence-corrected chi connectivity index (χ3v) is 3.45. The van der Waals surface area contributed by atoms with Gasteiger partial charge in [-0.3, -0.25) is 9.59 Å². The van der Waals surface area contributed by atoms with Crippen LogP contribution >= 0.6 is 27.5 Å². The minimum absolute atomic E-state index is 0.274. The molecule has 1 radical (unpaired) electrons. The third-order valence-electron chi connectivity index (χ3n) is 2.67. The first-order valence-corrected chi connectivity index (χ1v) is 7.27. The van der Waals surface area contributed by atoms with E-state index in [1.54, 1.807) is 36.4 Å². The van der Waals surface area contributed by atoms with Gasteiger partial charge in [-0.05, 0) is 42.0 Å². The second kappa shape index (κ2) is 7.38. The molecule has 0 amide bonds. The molecule has 2 aromatic carbocycles. The van der Waals surface area contributed by atoms with Crippen molar-refractivity contribution in [2.45, 2.75) is 0 Å². The van der Waals surface area contributed by atoms with Crippen molar-refractivity contribution >= 4 is 39.3 Å². The van der Waals surface area contributed by atoms with Crippen molar-refractivity contribution in [3.63, 3.8) is 0 Å². The van der Waals surface area contributed by atoms with Crippen LogP contribution in [0.4, 0.5) is 0 Å². The first-order valence-electron chi connectivity index (χ1n) is 6.10. The molecule has 0 aliphatic rings. The summed E-state index contributed by atoms with van der Waals surface area (Å²) in [6.07, 6.45) is 1.33.